The molecule has 3 aromatic rings. The molecule has 0 atom stereocenters. The summed E-state index contributed by atoms with van der Waals surface area (Å²) in [6, 6.07) is 20.6. The molecule has 0 unspecified atom stereocenters. The van der Waals surface area contributed by atoms with Crippen LogP contribution >= 0.6 is 0 Å². The number of oxime groups is 1. The van der Waals surface area contributed by atoms with E-state index in [0.717, 1.165) is 74.7 Å². The molecule has 0 fully saturated rings. The summed E-state index contributed by atoms with van der Waals surface area (Å²) in [5.74, 6) is -0.491. The molecule has 0 aliphatic rings. The van der Waals surface area contributed by atoms with Gasteiger partial charge in [0, 0.05) is 0 Å². The fraction of sp³-hybridized carbons (Fsp3) is 0.400. The summed E-state index contributed by atoms with van der Waals surface area (Å²) in [6.07, 6.45) is 12.5. The van der Waals surface area contributed by atoms with Crippen molar-refractivity contribution >= 4 is 18.2 Å². The van der Waals surface area contributed by atoms with Crippen LogP contribution in [0, 0.1) is 0 Å². The summed E-state index contributed by atoms with van der Waals surface area (Å²) >= 11 is 0. The van der Waals surface area contributed by atoms with Gasteiger partial charge in [-0.25, -0.2) is 9.59 Å². The van der Waals surface area contributed by atoms with Crippen molar-refractivity contribution in [3.63, 3.8) is 0 Å². The van der Waals surface area contributed by atoms with Crippen LogP contribution in [0.2, 0.25) is 0 Å². The monoisotopic (exact) mass is 559 g/mol. The zero-order valence-corrected chi connectivity index (χ0v) is 25.0. The van der Waals surface area contributed by atoms with E-state index in [1.54, 1.807) is 19.2 Å². The number of carboxylic acid groups (broad SMARTS) is 1. The van der Waals surface area contributed by atoms with Crippen LogP contribution < -0.4 is 4.74 Å². The van der Waals surface area contributed by atoms with E-state index in [1.807, 2.05) is 48.5 Å². The van der Waals surface area contributed by atoms with Crippen molar-refractivity contribution in [3.05, 3.63) is 100 Å². The molecule has 0 aliphatic heterocycles. The number of carbonyl (C=O) groups excluding carboxylic acids is 1. The fourth-order valence-corrected chi connectivity index (χ4v) is 4.22. The molecular weight excluding hydrogens is 514 g/mol. The Morgan fingerprint density at radius 2 is 1.37 bits per heavy atom. The van der Waals surface area contributed by atoms with E-state index in [0.29, 0.717) is 11.1 Å². The summed E-state index contributed by atoms with van der Waals surface area (Å²) in [4.78, 5) is 28.2. The van der Waals surface area contributed by atoms with Crippen LogP contribution in [0.25, 0.3) is 0 Å². The van der Waals surface area contributed by atoms with E-state index in [9.17, 15) is 9.59 Å². The standard InChI is InChI=1S/C24H31NO3.C11H14O2/c1-4-6-8-10-21-17-19(9-7-5-2)13-16-23(21)24(26)28-25-18-20-11-14-22(27-3)15-12-20;1-2-3-4-9-5-7-10(8-6-9)11(12)13/h11-18H,4-10H2,1-3H3;5-8H,2-4H2,1H3,(H,12,13). The molecule has 0 saturated heterocycles. The Bertz CT molecular complexity index is 1220. The maximum atomic E-state index is 12.6. The highest BCUT2D eigenvalue weighted by molar-refractivity contribution is 5.92. The highest BCUT2D eigenvalue weighted by atomic mass is 16.7. The van der Waals surface area contributed by atoms with Crippen molar-refractivity contribution < 1.29 is 24.3 Å². The van der Waals surface area contributed by atoms with Gasteiger partial charge in [0.15, 0.2) is 0 Å². The van der Waals surface area contributed by atoms with Gasteiger partial charge in [0.2, 0.25) is 0 Å². The van der Waals surface area contributed by atoms with Crippen LogP contribution in [0.4, 0.5) is 0 Å². The minimum absolute atomic E-state index is 0.361. The van der Waals surface area contributed by atoms with Crippen LogP contribution in [-0.2, 0) is 24.1 Å². The largest absolute Gasteiger partial charge is 0.497 e. The number of ether oxygens (including phenoxy) is 1. The highest BCUT2D eigenvalue weighted by Crippen LogP contribution is 2.19. The van der Waals surface area contributed by atoms with E-state index in [1.165, 1.54) is 23.8 Å². The lowest BCUT2D eigenvalue weighted by Crippen LogP contribution is -2.07. The maximum absolute atomic E-state index is 12.6. The molecule has 3 rings (SSSR count). The highest BCUT2D eigenvalue weighted by Gasteiger charge is 2.14. The van der Waals surface area contributed by atoms with Gasteiger partial charge < -0.3 is 14.7 Å². The normalized spacial score (nSPS) is 10.6. The van der Waals surface area contributed by atoms with Crippen LogP contribution in [-0.4, -0.2) is 30.4 Å². The van der Waals surface area contributed by atoms with Gasteiger partial charge in [-0.05, 0) is 103 Å². The van der Waals surface area contributed by atoms with Crippen LogP contribution in [0.5, 0.6) is 5.75 Å². The molecule has 6 nitrogen and oxygen atoms in total. The average Bonchev–Trinajstić information content (AvgIpc) is 3.00. The van der Waals surface area contributed by atoms with Gasteiger partial charge in [0.1, 0.15) is 5.75 Å². The van der Waals surface area contributed by atoms with E-state index in [-0.39, 0.29) is 0 Å². The zero-order valence-electron chi connectivity index (χ0n) is 25.0. The number of carbonyl (C=O) groups is 2. The predicted octanol–water partition coefficient (Wildman–Crippen LogP) is 8.69. The number of hydrogen-bond acceptors (Lipinski definition) is 5. The molecule has 0 bridgehead atoms. The number of unbranched alkanes of at least 4 members (excludes halogenated alkanes) is 4. The third-order valence-electron chi connectivity index (χ3n) is 6.73. The van der Waals surface area contributed by atoms with Gasteiger partial charge in [-0.15, -0.1) is 0 Å². The first-order chi connectivity index (χ1) is 19.9. The topological polar surface area (TPSA) is 85.2 Å². The molecule has 0 aliphatic carbocycles. The quantitative estimate of drug-likeness (QED) is 0.0871. The number of aryl methyl sites for hydroxylation is 3. The number of carboxylic acids is 1. The third kappa shape index (κ3) is 12.4. The second-order valence-corrected chi connectivity index (χ2v) is 10.0. The second-order valence-electron chi connectivity index (χ2n) is 10.0. The summed E-state index contributed by atoms with van der Waals surface area (Å²) in [5.41, 5.74) is 5.38. The average molecular weight is 560 g/mol. The minimum atomic E-state index is -0.859. The first-order valence-corrected chi connectivity index (χ1v) is 14.7. The summed E-state index contributed by atoms with van der Waals surface area (Å²) in [7, 11) is 1.62. The SMILES string of the molecule is CCCCCc1cc(CCCC)ccc1C(=O)ON=Cc1ccc(OC)cc1.CCCCc1ccc(C(=O)O)cc1. The van der Waals surface area contributed by atoms with Gasteiger partial charge in [-0.2, -0.15) is 0 Å². The molecule has 3 aromatic carbocycles. The Labute approximate surface area is 245 Å². The van der Waals surface area contributed by atoms with Gasteiger partial charge in [0.05, 0.1) is 24.5 Å². The number of benzene rings is 3. The van der Waals surface area contributed by atoms with Gasteiger partial charge >= 0.3 is 11.9 Å². The van der Waals surface area contributed by atoms with E-state index < -0.39 is 11.9 Å². The zero-order chi connectivity index (χ0) is 29.9. The van der Waals surface area contributed by atoms with Gasteiger partial charge in [-0.1, -0.05) is 75.9 Å². The van der Waals surface area contributed by atoms with E-state index in [2.05, 4.69) is 32.0 Å². The Hall–Kier alpha value is -3.93. The lowest BCUT2D eigenvalue weighted by Gasteiger charge is -2.10. The Kier molecular flexibility index (Phi) is 15.6. The summed E-state index contributed by atoms with van der Waals surface area (Å²) < 4.78 is 5.13. The first kappa shape index (κ1) is 33.3. The third-order valence-corrected chi connectivity index (χ3v) is 6.73. The fourth-order valence-electron chi connectivity index (χ4n) is 4.22. The Morgan fingerprint density at radius 1 is 0.756 bits per heavy atom. The van der Waals surface area contributed by atoms with Crippen LogP contribution in [0.15, 0.2) is 71.9 Å². The van der Waals surface area contributed by atoms with Crippen molar-refractivity contribution in [2.45, 2.75) is 85.0 Å². The number of methoxy groups -OCH3 is 1. The smallest absolute Gasteiger partial charge is 0.365 e. The van der Waals surface area contributed by atoms with Crippen molar-refractivity contribution in [1.82, 2.24) is 0 Å². The van der Waals surface area contributed by atoms with Gasteiger partial charge in [-0.3, -0.25) is 0 Å². The molecule has 6 heteroatoms. The molecule has 1 N–H and O–H groups in total. The number of aromatic carboxylic acids is 1. The molecular formula is C35H45NO5. The molecule has 0 spiro atoms. The number of rotatable bonds is 15. The molecule has 220 valence electrons. The van der Waals surface area contributed by atoms with Crippen molar-refractivity contribution in [3.8, 4) is 5.75 Å². The van der Waals surface area contributed by atoms with Crippen molar-refractivity contribution in [2.24, 2.45) is 5.16 Å². The van der Waals surface area contributed by atoms with Crippen LogP contribution in [0.3, 0.4) is 0 Å². The van der Waals surface area contributed by atoms with Gasteiger partial charge in [0.25, 0.3) is 0 Å². The predicted molar refractivity (Wildman–Crippen MR) is 166 cm³/mol. The second kappa shape index (κ2) is 19.2. The van der Waals surface area contributed by atoms with E-state index in [4.69, 9.17) is 14.7 Å². The summed E-state index contributed by atoms with van der Waals surface area (Å²) in [5, 5.41) is 12.5. The molecule has 41 heavy (non-hydrogen) atoms. The molecule has 0 aromatic heterocycles. The van der Waals surface area contributed by atoms with E-state index >= 15 is 0 Å². The van der Waals surface area contributed by atoms with Crippen molar-refractivity contribution in [2.75, 3.05) is 7.11 Å². The lowest BCUT2D eigenvalue weighted by molar-refractivity contribution is 0.0517. The number of nitrogens with zero attached hydrogens (tertiary/aromatic N) is 1. The molecule has 0 amide bonds. The Morgan fingerprint density at radius 3 is 1.95 bits per heavy atom. The minimum Gasteiger partial charge on any atom is -0.497 e. The molecule has 0 saturated carbocycles. The molecule has 0 heterocycles. The van der Waals surface area contributed by atoms with Crippen LogP contribution in [0.1, 0.15) is 109 Å². The maximum Gasteiger partial charge on any atom is 0.365 e. The summed E-state index contributed by atoms with van der Waals surface area (Å²) in [6.45, 7) is 6.51. The first-order valence-electron chi connectivity index (χ1n) is 14.7. The lowest BCUT2D eigenvalue weighted by atomic mass is 9.97. The van der Waals surface area contributed by atoms with Crippen molar-refractivity contribution in [1.29, 1.82) is 0 Å². The Balaban J connectivity index is 0.000000377. The number of hydrogen-bond donors (Lipinski definition) is 1. The molecule has 0 radical (unpaired) electrons.